The minimum Gasteiger partial charge on any atom is -0.455 e. The van der Waals surface area contributed by atoms with E-state index in [4.69, 9.17) is 4.74 Å². The summed E-state index contributed by atoms with van der Waals surface area (Å²) in [5.41, 5.74) is 2.94. The van der Waals surface area contributed by atoms with E-state index >= 15 is 0 Å². The molecule has 0 spiro atoms. The van der Waals surface area contributed by atoms with E-state index in [0.29, 0.717) is 18.4 Å². The molecular formula is C25H36N2O4. The van der Waals surface area contributed by atoms with E-state index in [2.05, 4.69) is 19.2 Å². The third kappa shape index (κ3) is 5.28. The van der Waals surface area contributed by atoms with Crippen molar-refractivity contribution in [2.45, 2.75) is 72.3 Å². The predicted octanol–water partition coefficient (Wildman–Crippen LogP) is 3.97. The van der Waals surface area contributed by atoms with Crippen molar-refractivity contribution in [3.05, 3.63) is 29.3 Å². The van der Waals surface area contributed by atoms with Gasteiger partial charge in [-0.2, -0.15) is 0 Å². The van der Waals surface area contributed by atoms with Gasteiger partial charge in [-0.1, -0.05) is 58.7 Å². The van der Waals surface area contributed by atoms with E-state index < -0.39 is 11.9 Å². The number of anilines is 1. The molecule has 3 rings (SSSR count). The Kier molecular flexibility index (Phi) is 7.74. The number of likely N-dealkylation sites (tertiary alicyclic amines) is 1. The first kappa shape index (κ1) is 23.3. The van der Waals surface area contributed by atoms with Crippen molar-refractivity contribution in [2.75, 3.05) is 18.5 Å². The number of hydrogen-bond acceptors (Lipinski definition) is 4. The molecule has 0 bridgehead atoms. The number of carbonyl (C=O) groups is 3. The summed E-state index contributed by atoms with van der Waals surface area (Å²) >= 11 is 0. The first-order valence-electron chi connectivity index (χ1n) is 11.7. The second-order valence-electron chi connectivity index (χ2n) is 9.10. The van der Waals surface area contributed by atoms with Crippen LogP contribution in [0, 0.1) is 17.8 Å². The van der Waals surface area contributed by atoms with Gasteiger partial charge in [-0.25, -0.2) is 0 Å². The highest BCUT2D eigenvalue weighted by atomic mass is 16.5. The van der Waals surface area contributed by atoms with Crippen LogP contribution in [0.2, 0.25) is 0 Å². The van der Waals surface area contributed by atoms with Crippen LogP contribution in [0.25, 0.3) is 0 Å². The monoisotopic (exact) mass is 428 g/mol. The summed E-state index contributed by atoms with van der Waals surface area (Å²) in [4.78, 5) is 39.5. The topological polar surface area (TPSA) is 75.7 Å². The Hall–Kier alpha value is -2.37. The van der Waals surface area contributed by atoms with Crippen LogP contribution in [0.1, 0.15) is 64.5 Å². The zero-order valence-corrected chi connectivity index (χ0v) is 19.3. The van der Waals surface area contributed by atoms with E-state index in [9.17, 15) is 14.4 Å². The fourth-order valence-electron chi connectivity index (χ4n) is 5.04. The van der Waals surface area contributed by atoms with E-state index in [0.717, 1.165) is 42.5 Å². The first-order valence-corrected chi connectivity index (χ1v) is 11.7. The predicted molar refractivity (Wildman–Crippen MR) is 121 cm³/mol. The Morgan fingerprint density at radius 2 is 1.81 bits per heavy atom. The molecular weight excluding hydrogens is 392 g/mol. The van der Waals surface area contributed by atoms with Crippen molar-refractivity contribution >= 4 is 23.5 Å². The number of para-hydroxylation sites is 1. The lowest BCUT2D eigenvalue weighted by molar-refractivity contribution is -0.151. The second kappa shape index (κ2) is 10.3. The number of hydrogen-bond donors (Lipinski definition) is 1. The molecule has 31 heavy (non-hydrogen) atoms. The fraction of sp³-hybridized carbons (Fsp3) is 0.640. The molecule has 2 amide bonds. The van der Waals surface area contributed by atoms with Crippen molar-refractivity contribution < 1.29 is 19.1 Å². The molecule has 4 atom stereocenters. The molecule has 1 aliphatic heterocycles. The molecule has 170 valence electrons. The molecule has 1 saturated carbocycles. The average Bonchev–Trinajstić information content (AvgIpc) is 3.15. The maximum absolute atomic E-state index is 12.6. The summed E-state index contributed by atoms with van der Waals surface area (Å²) in [6.07, 6.45) is 5.10. The molecule has 1 aromatic rings. The molecule has 1 N–H and O–H groups in total. The van der Waals surface area contributed by atoms with Crippen LogP contribution < -0.4 is 5.32 Å². The van der Waals surface area contributed by atoms with Crippen molar-refractivity contribution in [1.82, 2.24) is 4.90 Å². The lowest BCUT2D eigenvalue weighted by Gasteiger charge is -2.39. The van der Waals surface area contributed by atoms with Gasteiger partial charge < -0.3 is 15.0 Å². The van der Waals surface area contributed by atoms with Crippen LogP contribution in [-0.2, 0) is 32.0 Å². The highest BCUT2D eigenvalue weighted by Gasteiger charge is 2.42. The van der Waals surface area contributed by atoms with E-state index in [1.54, 1.807) is 0 Å². The Morgan fingerprint density at radius 3 is 2.45 bits per heavy atom. The maximum atomic E-state index is 12.6. The van der Waals surface area contributed by atoms with Crippen LogP contribution >= 0.6 is 0 Å². The van der Waals surface area contributed by atoms with Gasteiger partial charge in [-0.3, -0.25) is 14.4 Å². The van der Waals surface area contributed by atoms with Gasteiger partial charge in [0.2, 0.25) is 5.91 Å². The van der Waals surface area contributed by atoms with Gasteiger partial charge in [0.15, 0.2) is 6.61 Å². The number of nitrogens with one attached hydrogen (secondary N) is 1. The number of aryl methyl sites for hydroxylation is 2. The van der Waals surface area contributed by atoms with Gasteiger partial charge in [0.25, 0.3) is 5.91 Å². The van der Waals surface area contributed by atoms with Crippen LogP contribution in [-0.4, -0.2) is 41.9 Å². The summed E-state index contributed by atoms with van der Waals surface area (Å²) in [6.45, 7) is 8.60. The third-order valence-electron chi connectivity index (χ3n) is 7.16. The number of nitrogens with zero attached hydrogens (tertiary/aromatic N) is 1. The Bertz CT molecular complexity index is 799. The molecule has 2 aliphatic rings. The van der Waals surface area contributed by atoms with Gasteiger partial charge in [0.1, 0.15) is 0 Å². The Balaban J connectivity index is 1.54. The minimum atomic E-state index is -0.487. The molecule has 1 heterocycles. The largest absolute Gasteiger partial charge is 0.455 e. The summed E-state index contributed by atoms with van der Waals surface area (Å²) < 4.78 is 5.31. The normalized spacial score (nSPS) is 26.1. The van der Waals surface area contributed by atoms with Crippen LogP contribution in [0.4, 0.5) is 5.69 Å². The molecule has 1 aromatic carbocycles. The molecule has 1 aliphatic carbocycles. The van der Waals surface area contributed by atoms with E-state index in [1.807, 2.05) is 36.9 Å². The lowest BCUT2D eigenvalue weighted by Crippen LogP contribution is -2.45. The first-order chi connectivity index (χ1) is 14.8. The summed E-state index contributed by atoms with van der Waals surface area (Å²) in [6, 6.07) is 6.18. The number of carbonyl (C=O) groups excluding carboxylic acids is 3. The Morgan fingerprint density at radius 1 is 1.13 bits per heavy atom. The summed E-state index contributed by atoms with van der Waals surface area (Å²) in [5.74, 6) is -0.243. The molecule has 6 nitrogen and oxygen atoms in total. The zero-order valence-electron chi connectivity index (χ0n) is 19.3. The quantitative estimate of drug-likeness (QED) is 0.667. The second-order valence-corrected chi connectivity index (χ2v) is 9.10. The van der Waals surface area contributed by atoms with Crippen LogP contribution in [0.3, 0.4) is 0 Å². The molecule has 0 unspecified atom stereocenters. The lowest BCUT2D eigenvalue weighted by atomic mass is 9.77. The number of amides is 2. The van der Waals surface area contributed by atoms with E-state index in [1.165, 1.54) is 6.42 Å². The number of benzene rings is 1. The highest BCUT2D eigenvalue weighted by Crippen LogP contribution is 2.36. The van der Waals surface area contributed by atoms with Crippen molar-refractivity contribution in [1.29, 1.82) is 0 Å². The summed E-state index contributed by atoms with van der Waals surface area (Å²) in [7, 11) is 0. The molecule has 2 fully saturated rings. The van der Waals surface area contributed by atoms with Crippen molar-refractivity contribution in [2.24, 2.45) is 17.8 Å². The number of esters is 1. The van der Waals surface area contributed by atoms with Crippen molar-refractivity contribution in [3.63, 3.8) is 0 Å². The average molecular weight is 429 g/mol. The van der Waals surface area contributed by atoms with Gasteiger partial charge in [0, 0.05) is 24.7 Å². The SMILES string of the molecule is CCc1cccc(CC)c1NC(=O)COC(=O)[C@@H]1CC(=O)N([C@@H]2CCC[C@H](C)[C@@H]2C)C1. The fourth-order valence-corrected chi connectivity index (χ4v) is 5.04. The molecule has 0 radical (unpaired) electrons. The molecule has 6 heteroatoms. The van der Waals surface area contributed by atoms with Gasteiger partial charge in [-0.05, 0) is 42.2 Å². The Labute approximate surface area is 185 Å². The van der Waals surface area contributed by atoms with Gasteiger partial charge >= 0.3 is 5.97 Å². The number of rotatable bonds is 7. The zero-order chi connectivity index (χ0) is 22.5. The van der Waals surface area contributed by atoms with Crippen LogP contribution in [0.15, 0.2) is 18.2 Å². The maximum Gasteiger partial charge on any atom is 0.311 e. The minimum absolute atomic E-state index is 0.0295. The van der Waals surface area contributed by atoms with Crippen molar-refractivity contribution in [3.8, 4) is 0 Å². The van der Waals surface area contributed by atoms with Crippen LogP contribution in [0.5, 0.6) is 0 Å². The summed E-state index contributed by atoms with van der Waals surface area (Å²) in [5, 5.41) is 2.91. The third-order valence-corrected chi connectivity index (χ3v) is 7.16. The van der Waals surface area contributed by atoms with Gasteiger partial charge in [0.05, 0.1) is 5.92 Å². The smallest absolute Gasteiger partial charge is 0.311 e. The highest BCUT2D eigenvalue weighted by molar-refractivity contribution is 5.95. The molecule has 1 saturated heterocycles. The van der Waals surface area contributed by atoms with Gasteiger partial charge in [-0.15, -0.1) is 0 Å². The number of ether oxygens (including phenoxy) is 1. The van der Waals surface area contributed by atoms with E-state index in [-0.39, 0.29) is 30.9 Å². The standard InChI is InChI=1S/C25H36N2O4/c1-5-18-10-8-11-19(6-2)24(18)26-22(28)15-31-25(30)20-13-23(29)27(14-20)21-12-7-9-16(3)17(21)4/h8,10-11,16-17,20-21H,5-7,9,12-15H2,1-4H3,(H,26,28)/t16-,17-,20+,21+/m0/s1. The molecule has 0 aromatic heterocycles.